The number of amides is 1. The molecule has 1 aliphatic rings. The summed E-state index contributed by atoms with van der Waals surface area (Å²) in [5.74, 6) is -0.241. The van der Waals surface area contributed by atoms with Crippen molar-refractivity contribution in [3.05, 3.63) is 27.7 Å². The minimum Gasteiger partial charge on any atom is -0.324 e. The minimum absolute atomic E-state index is 0.241. The molecule has 1 saturated carbocycles. The van der Waals surface area contributed by atoms with E-state index in [9.17, 15) is 4.79 Å². The number of nitriles is 1. The first-order valence-electron chi connectivity index (χ1n) is 5.25. The lowest BCUT2D eigenvalue weighted by molar-refractivity contribution is -0.126. The topological polar surface area (TPSA) is 52.9 Å². The highest BCUT2D eigenvalue weighted by Gasteiger charge is 2.44. The maximum atomic E-state index is 12.0. The van der Waals surface area contributed by atoms with Crippen molar-refractivity contribution >= 4 is 39.1 Å². The van der Waals surface area contributed by atoms with E-state index < -0.39 is 5.41 Å². The molecule has 1 fully saturated rings. The quantitative estimate of drug-likeness (QED) is 0.904. The van der Waals surface area contributed by atoms with E-state index in [0.717, 1.165) is 10.9 Å². The monoisotopic (exact) mass is 312 g/mol. The average molecular weight is 314 g/mol. The number of anilines is 1. The van der Waals surface area contributed by atoms with Crippen molar-refractivity contribution in [2.24, 2.45) is 5.41 Å². The lowest BCUT2D eigenvalue weighted by atomic mass is 9.69. The molecule has 1 aromatic rings. The SMILES string of the molecule is N#CC1(C(=O)Nc2cc(Cl)ccc2Br)CCC1. The third-order valence-electron chi connectivity index (χ3n) is 3.03. The number of nitrogens with one attached hydrogen (secondary N) is 1. The lowest BCUT2D eigenvalue weighted by Gasteiger charge is -2.33. The molecule has 0 aliphatic heterocycles. The predicted molar refractivity (Wildman–Crippen MR) is 69.7 cm³/mol. The van der Waals surface area contributed by atoms with Gasteiger partial charge in [-0.25, -0.2) is 0 Å². The molecule has 1 amide bonds. The zero-order valence-corrected chi connectivity index (χ0v) is 11.3. The number of nitrogens with zero attached hydrogens (tertiary/aromatic N) is 1. The Kier molecular flexibility index (Phi) is 3.41. The maximum absolute atomic E-state index is 12.0. The lowest BCUT2D eigenvalue weighted by Crippen LogP contribution is -2.40. The van der Waals surface area contributed by atoms with Crippen LogP contribution in [0.4, 0.5) is 5.69 Å². The zero-order chi connectivity index (χ0) is 12.5. The molecule has 0 radical (unpaired) electrons. The van der Waals surface area contributed by atoms with Crippen LogP contribution >= 0.6 is 27.5 Å². The summed E-state index contributed by atoms with van der Waals surface area (Å²) in [5, 5.41) is 12.4. The molecule has 0 bridgehead atoms. The molecule has 1 aliphatic carbocycles. The largest absolute Gasteiger partial charge is 0.324 e. The Morgan fingerprint density at radius 1 is 1.53 bits per heavy atom. The van der Waals surface area contributed by atoms with E-state index in [-0.39, 0.29) is 5.91 Å². The molecule has 0 atom stereocenters. The molecule has 0 aromatic heterocycles. The van der Waals surface area contributed by atoms with Gasteiger partial charge in [0.2, 0.25) is 5.91 Å². The van der Waals surface area contributed by atoms with Gasteiger partial charge in [0.1, 0.15) is 5.41 Å². The van der Waals surface area contributed by atoms with Crippen LogP contribution in [0.2, 0.25) is 5.02 Å². The van der Waals surface area contributed by atoms with E-state index in [4.69, 9.17) is 16.9 Å². The molecule has 0 spiro atoms. The molecular formula is C12H10BrClN2O. The Labute approximate surface area is 113 Å². The number of rotatable bonds is 2. The molecule has 0 heterocycles. The second kappa shape index (κ2) is 4.67. The van der Waals surface area contributed by atoms with E-state index in [1.807, 2.05) is 0 Å². The molecule has 17 heavy (non-hydrogen) atoms. The van der Waals surface area contributed by atoms with Crippen molar-refractivity contribution < 1.29 is 4.79 Å². The van der Waals surface area contributed by atoms with Crippen molar-refractivity contribution in [1.82, 2.24) is 0 Å². The number of carbonyl (C=O) groups is 1. The van der Waals surface area contributed by atoms with E-state index >= 15 is 0 Å². The van der Waals surface area contributed by atoms with E-state index in [1.54, 1.807) is 18.2 Å². The summed E-state index contributed by atoms with van der Waals surface area (Å²) in [7, 11) is 0. The summed E-state index contributed by atoms with van der Waals surface area (Å²) in [6, 6.07) is 7.26. The zero-order valence-electron chi connectivity index (χ0n) is 8.96. The standard InChI is InChI=1S/C12H10BrClN2O/c13-9-3-2-8(14)6-10(9)16-11(17)12(7-15)4-1-5-12/h2-3,6H,1,4-5H2,(H,16,17). The van der Waals surface area contributed by atoms with E-state index in [2.05, 4.69) is 27.3 Å². The summed E-state index contributed by atoms with van der Waals surface area (Å²) in [4.78, 5) is 12.0. The van der Waals surface area contributed by atoms with Gasteiger partial charge in [-0.15, -0.1) is 0 Å². The number of hydrogen-bond donors (Lipinski definition) is 1. The summed E-state index contributed by atoms with van der Waals surface area (Å²) in [6.07, 6.45) is 2.19. The van der Waals surface area contributed by atoms with Crippen LogP contribution < -0.4 is 5.32 Å². The molecule has 88 valence electrons. The average Bonchev–Trinajstić information content (AvgIpc) is 2.23. The number of halogens is 2. The second-order valence-electron chi connectivity index (χ2n) is 4.13. The molecule has 5 heteroatoms. The number of carbonyl (C=O) groups excluding carboxylic acids is 1. The number of benzene rings is 1. The van der Waals surface area contributed by atoms with Crippen molar-refractivity contribution in [1.29, 1.82) is 5.26 Å². The van der Waals surface area contributed by atoms with Crippen LogP contribution in [-0.4, -0.2) is 5.91 Å². The Balaban J connectivity index is 2.19. The summed E-state index contributed by atoms with van der Waals surface area (Å²) in [6.45, 7) is 0. The van der Waals surface area contributed by atoms with Gasteiger partial charge in [0.05, 0.1) is 11.8 Å². The molecule has 2 rings (SSSR count). The normalized spacial score (nSPS) is 16.8. The van der Waals surface area contributed by atoms with E-state index in [1.165, 1.54) is 0 Å². The van der Waals surface area contributed by atoms with Crippen LogP contribution in [0.3, 0.4) is 0 Å². The van der Waals surface area contributed by atoms with Crippen molar-refractivity contribution in [2.45, 2.75) is 19.3 Å². The molecule has 1 aromatic carbocycles. The van der Waals surface area contributed by atoms with Crippen molar-refractivity contribution in [3.8, 4) is 6.07 Å². The van der Waals surface area contributed by atoms with Gasteiger partial charge in [-0.3, -0.25) is 4.79 Å². The van der Waals surface area contributed by atoms with E-state index in [0.29, 0.717) is 23.6 Å². The maximum Gasteiger partial charge on any atom is 0.244 e. The highest BCUT2D eigenvalue weighted by molar-refractivity contribution is 9.10. The van der Waals surface area contributed by atoms with Gasteiger partial charge in [0.15, 0.2) is 0 Å². The fraction of sp³-hybridized carbons (Fsp3) is 0.333. The van der Waals surface area contributed by atoms with Gasteiger partial charge in [0, 0.05) is 9.50 Å². The molecular weight excluding hydrogens is 304 g/mol. The van der Waals surface area contributed by atoms with Crippen LogP contribution in [0.5, 0.6) is 0 Å². The smallest absolute Gasteiger partial charge is 0.244 e. The van der Waals surface area contributed by atoms with Crippen LogP contribution in [0.25, 0.3) is 0 Å². The Hall–Kier alpha value is -1.05. The Morgan fingerprint density at radius 2 is 2.24 bits per heavy atom. The molecule has 3 nitrogen and oxygen atoms in total. The highest BCUT2D eigenvalue weighted by atomic mass is 79.9. The summed E-state index contributed by atoms with van der Waals surface area (Å²) >= 11 is 9.19. The number of hydrogen-bond acceptors (Lipinski definition) is 2. The fourth-order valence-corrected chi connectivity index (χ4v) is 2.27. The Morgan fingerprint density at radius 3 is 2.76 bits per heavy atom. The van der Waals surface area contributed by atoms with Crippen LogP contribution in [0.1, 0.15) is 19.3 Å². The third-order valence-corrected chi connectivity index (χ3v) is 3.96. The van der Waals surface area contributed by atoms with Crippen LogP contribution in [0.15, 0.2) is 22.7 Å². The molecule has 0 saturated heterocycles. The second-order valence-corrected chi connectivity index (χ2v) is 5.42. The summed E-state index contributed by atoms with van der Waals surface area (Å²) in [5.41, 5.74) is -0.245. The van der Waals surface area contributed by atoms with Crippen molar-refractivity contribution in [3.63, 3.8) is 0 Å². The van der Waals surface area contributed by atoms with Gasteiger partial charge >= 0.3 is 0 Å². The van der Waals surface area contributed by atoms with Crippen LogP contribution in [0, 0.1) is 16.7 Å². The first-order valence-corrected chi connectivity index (χ1v) is 6.42. The van der Waals surface area contributed by atoms with Crippen molar-refractivity contribution in [2.75, 3.05) is 5.32 Å². The predicted octanol–water partition coefficient (Wildman–Crippen LogP) is 3.73. The van der Waals surface area contributed by atoms with Gasteiger partial charge in [-0.05, 0) is 53.4 Å². The molecule has 0 unspecified atom stereocenters. The Bertz CT molecular complexity index is 506. The third kappa shape index (κ3) is 2.31. The minimum atomic E-state index is -0.845. The fourth-order valence-electron chi connectivity index (χ4n) is 1.76. The first kappa shape index (κ1) is 12.4. The van der Waals surface area contributed by atoms with Gasteiger partial charge in [-0.2, -0.15) is 5.26 Å². The summed E-state index contributed by atoms with van der Waals surface area (Å²) < 4.78 is 0.752. The van der Waals surface area contributed by atoms with Gasteiger partial charge < -0.3 is 5.32 Å². The highest BCUT2D eigenvalue weighted by Crippen LogP contribution is 2.41. The van der Waals surface area contributed by atoms with Crippen LogP contribution in [-0.2, 0) is 4.79 Å². The van der Waals surface area contributed by atoms with Gasteiger partial charge in [0.25, 0.3) is 0 Å². The van der Waals surface area contributed by atoms with Gasteiger partial charge in [-0.1, -0.05) is 11.6 Å². The first-order chi connectivity index (χ1) is 8.07. The molecule has 1 N–H and O–H groups in total.